The maximum absolute atomic E-state index is 2.29. The van der Waals surface area contributed by atoms with Gasteiger partial charge in [-0.1, -0.05) is 0 Å². The summed E-state index contributed by atoms with van der Waals surface area (Å²) in [6, 6.07) is 10.9. The molecule has 1 aromatic carbocycles. The molecule has 0 nitrogen and oxygen atoms in total. The van der Waals surface area contributed by atoms with Gasteiger partial charge in [-0.2, -0.15) is 0 Å². The van der Waals surface area contributed by atoms with Crippen molar-refractivity contribution in [1.29, 1.82) is 0 Å². The second kappa shape index (κ2) is 11.4. The Bertz CT molecular complexity index is 259. The SMILES string of the molecule is CCCC[Se]CCCC[Se]Cc1ccccc1. The molecule has 0 amide bonds. The van der Waals surface area contributed by atoms with E-state index in [-0.39, 0.29) is 0 Å². The van der Waals surface area contributed by atoms with Crippen LogP contribution in [0, 0.1) is 0 Å². The molecule has 0 fully saturated rings. The maximum atomic E-state index is 2.29. The third-order valence-electron chi connectivity index (χ3n) is 2.58. The molecule has 17 heavy (non-hydrogen) atoms. The molecule has 0 saturated heterocycles. The first-order chi connectivity index (χ1) is 8.43. The molecule has 0 N–H and O–H groups in total. The third kappa shape index (κ3) is 8.91. The van der Waals surface area contributed by atoms with Crippen molar-refractivity contribution < 1.29 is 0 Å². The second-order valence-corrected chi connectivity index (χ2v) is 9.10. The van der Waals surface area contributed by atoms with E-state index in [9.17, 15) is 0 Å². The first-order valence-electron chi connectivity index (χ1n) is 6.63. The topological polar surface area (TPSA) is 0 Å². The summed E-state index contributed by atoms with van der Waals surface area (Å²) in [6.45, 7) is 2.29. The summed E-state index contributed by atoms with van der Waals surface area (Å²) in [5, 5.41) is 5.84. The van der Waals surface area contributed by atoms with Gasteiger partial charge in [0.05, 0.1) is 0 Å². The van der Waals surface area contributed by atoms with Crippen molar-refractivity contribution in [1.82, 2.24) is 0 Å². The van der Waals surface area contributed by atoms with Crippen LogP contribution in [-0.4, -0.2) is 29.9 Å². The van der Waals surface area contributed by atoms with Crippen LogP contribution in [0.1, 0.15) is 38.2 Å². The van der Waals surface area contributed by atoms with Gasteiger partial charge in [0, 0.05) is 0 Å². The van der Waals surface area contributed by atoms with Crippen LogP contribution in [0.3, 0.4) is 0 Å². The molecule has 0 saturated carbocycles. The number of hydrogen-bond donors (Lipinski definition) is 0. The molecular weight excluding hydrogens is 338 g/mol. The molecule has 1 rings (SSSR count). The molecular formula is C15H24Se2. The molecule has 0 aromatic heterocycles. The van der Waals surface area contributed by atoms with Crippen LogP contribution in [-0.2, 0) is 5.32 Å². The van der Waals surface area contributed by atoms with Gasteiger partial charge in [0.1, 0.15) is 0 Å². The van der Waals surface area contributed by atoms with Crippen molar-refractivity contribution >= 4 is 29.9 Å². The van der Waals surface area contributed by atoms with Crippen LogP contribution in [0.4, 0.5) is 0 Å². The zero-order valence-corrected chi connectivity index (χ0v) is 14.3. The molecule has 0 bridgehead atoms. The third-order valence-corrected chi connectivity index (χ3v) is 7.34. The van der Waals surface area contributed by atoms with Crippen molar-refractivity contribution in [3.05, 3.63) is 35.9 Å². The minimum absolute atomic E-state index is 0.831. The average Bonchev–Trinajstić information content (AvgIpc) is 2.38. The zero-order chi connectivity index (χ0) is 12.2. The molecule has 0 aliphatic heterocycles. The fraction of sp³-hybridized carbons (Fsp3) is 0.600. The van der Waals surface area contributed by atoms with E-state index in [1.165, 1.54) is 52.5 Å². The molecule has 0 heterocycles. The molecule has 0 unspecified atom stereocenters. The van der Waals surface area contributed by atoms with Gasteiger partial charge in [0.15, 0.2) is 0 Å². The van der Waals surface area contributed by atoms with Gasteiger partial charge >= 0.3 is 120 Å². The predicted molar refractivity (Wildman–Crippen MR) is 80.2 cm³/mol. The van der Waals surface area contributed by atoms with E-state index in [0.717, 1.165) is 29.9 Å². The van der Waals surface area contributed by atoms with Crippen LogP contribution in [0.2, 0.25) is 16.0 Å². The molecule has 1 aromatic rings. The van der Waals surface area contributed by atoms with Crippen molar-refractivity contribution in [3.63, 3.8) is 0 Å². The van der Waals surface area contributed by atoms with Crippen LogP contribution in [0.5, 0.6) is 0 Å². The standard InChI is InChI=1S/C15H24Se2/c1-2-3-11-16-12-7-8-13-17-14-15-9-5-4-6-10-15/h4-6,9-10H,2-3,7-8,11-14H2,1H3. The van der Waals surface area contributed by atoms with Crippen LogP contribution in [0.15, 0.2) is 30.3 Å². The van der Waals surface area contributed by atoms with E-state index >= 15 is 0 Å². The van der Waals surface area contributed by atoms with Crippen LogP contribution < -0.4 is 0 Å². The Morgan fingerprint density at radius 2 is 1.47 bits per heavy atom. The van der Waals surface area contributed by atoms with E-state index in [1.807, 2.05) is 0 Å². The molecule has 0 aliphatic rings. The molecule has 0 atom stereocenters. The second-order valence-electron chi connectivity index (χ2n) is 4.21. The average molecular weight is 362 g/mol. The fourth-order valence-electron chi connectivity index (χ4n) is 1.52. The Morgan fingerprint density at radius 1 is 0.824 bits per heavy atom. The normalized spacial score (nSPS) is 10.6. The van der Waals surface area contributed by atoms with Crippen molar-refractivity contribution in [3.8, 4) is 0 Å². The molecule has 96 valence electrons. The number of hydrogen-bond acceptors (Lipinski definition) is 0. The number of rotatable bonds is 10. The summed E-state index contributed by atoms with van der Waals surface area (Å²) in [7, 11) is 0. The van der Waals surface area contributed by atoms with E-state index < -0.39 is 0 Å². The van der Waals surface area contributed by atoms with Gasteiger partial charge in [-0.05, 0) is 0 Å². The van der Waals surface area contributed by atoms with E-state index in [2.05, 4.69) is 37.3 Å². The number of unbranched alkanes of at least 4 members (excludes halogenated alkanes) is 2. The molecule has 2 heteroatoms. The monoisotopic (exact) mass is 364 g/mol. The van der Waals surface area contributed by atoms with Gasteiger partial charge < -0.3 is 0 Å². The van der Waals surface area contributed by atoms with Gasteiger partial charge in [-0.3, -0.25) is 0 Å². The van der Waals surface area contributed by atoms with Crippen molar-refractivity contribution in [2.24, 2.45) is 0 Å². The Morgan fingerprint density at radius 3 is 2.18 bits per heavy atom. The van der Waals surface area contributed by atoms with E-state index in [0.29, 0.717) is 0 Å². The summed E-state index contributed by atoms with van der Waals surface area (Å²) >= 11 is 1.78. The first-order valence-corrected chi connectivity index (χ1v) is 11.5. The Balaban J connectivity index is 1.85. The summed E-state index contributed by atoms with van der Waals surface area (Å²) in [5.74, 6) is 0. The van der Waals surface area contributed by atoms with E-state index in [4.69, 9.17) is 0 Å². The summed E-state index contributed by atoms with van der Waals surface area (Å²) in [5.41, 5.74) is 1.53. The quantitative estimate of drug-likeness (QED) is 0.427. The van der Waals surface area contributed by atoms with Crippen LogP contribution in [0.25, 0.3) is 0 Å². The summed E-state index contributed by atoms with van der Waals surface area (Å²) in [6.07, 6.45) is 5.79. The fourth-order valence-corrected chi connectivity index (χ4v) is 5.90. The van der Waals surface area contributed by atoms with Crippen molar-refractivity contribution in [2.75, 3.05) is 0 Å². The van der Waals surface area contributed by atoms with E-state index in [1.54, 1.807) is 0 Å². The van der Waals surface area contributed by atoms with Gasteiger partial charge in [0.2, 0.25) is 0 Å². The first kappa shape index (κ1) is 15.3. The predicted octanol–water partition coefficient (Wildman–Crippen LogP) is 4.43. The summed E-state index contributed by atoms with van der Waals surface area (Å²) in [4.78, 5) is 0. The zero-order valence-electron chi connectivity index (χ0n) is 10.9. The van der Waals surface area contributed by atoms with Crippen molar-refractivity contribution in [2.45, 2.75) is 53.9 Å². The molecule has 0 radical (unpaired) electrons. The Hall–Kier alpha value is 0.259. The van der Waals surface area contributed by atoms with Gasteiger partial charge in [0.25, 0.3) is 0 Å². The Kier molecular flexibility index (Phi) is 10.2. The Labute approximate surface area is 119 Å². The molecule has 0 aliphatic carbocycles. The summed E-state index contributed by atoms with van der Waals surface area (Å²) < 4.78 is 0. The minimum atomic E-state index is 0.831. The van der Waals surface area contributed by atoms with Crippen LogP contribution >= 0.6 is 0 Å². The van der Waals surface area contributed by atoms with Gasteiger partial charge in [-0.15, -0.1) is 0 Å². The number of benzene rings is 1. The van der Waals surface area contributed by atoms with Gasteiger partial charge in [-0.25, -0.2) is 0 Å². The molecule has 0 spiro atoms.